The number of hydrogen-bond donors (Lipinski definition) is 3. The number of anilines is 1. The Morgan fingerprint density at radius 3 is 1.66 bits per heavy atom. The molecule has 0 radical (unpaired) electrons. The number of benzene rings is 2. The summed E-state index contributed by atoms with van der Waals surface area (Å²) in [7, 11) is 0. The molecule has 0 bridgehead atoms. The fourth-order valence-corrected chi connectivity index (χ4v) is 3.38. The standard InChI is InChI=1S/C24H22F12N2O3/c1-19(2,3)41-18(39)37-10-12-4-5-16(9-17(12)23(31,32)33)38-11-20(40,24(34,35)36)13-6-14(21(25,26)27)8-15(7-13)22(28,29)30/h4-9,38,40H,10-11H2,1-3H3,(H,37,39)/t20-/m1/s1. The van der Waals surface area contributed by atoms with Crippen LogP contribution in [0.3, 0.4) is 0 Å². The average molecular weight is 614 g/mol. The van der Waals surface area contributed by atoms with Gasteiger partial charge < -0.3 is 20.5 Å². The summed E-state index contributed by atoms with van der Waals surface area (Å²) in [4.78, 5) is 11.8. The van der Waals surface area contributed by atoms with Crippen LogP contribution in [0.4, 0.5) is 63.2 Å². The van der Waals surface area contributed by atoms with Crippen LogP contribution in [0.5, 0.6) is 0 Å². The number of amides is 1. The number of carbonyl (C=O) groups is 1. The van der Waals surface area contributed by atoms with Crippen molar-refractivity contribution in [2.24, 2.45) is 0 Å². The van der Waals surface area contributed by atoms with E-state index in [1.165, 1.54) is 20.8 Å². The molecule has 0 fully saturated rings. The molecule has 0 spiro atoms. The smallest absolute Gasteiger partial charge is 0.423 e. The van der Waals surface area contributed by atoms with Crippen molar-refractivity contribution in [2.45, 2.75) is 63.2 Å². The van der Waals surface area contributed by atoms with Gasteiger partial charge in [-0.25, -0.2) is 4.79 Å². The lowest BCUT2D eigenvalue weighted by Crippen LogP contribution is -2.48. The third kappa shape index (κ3) is 8.81. The van der Waals surface area contributed by atoms with Gasteiger partial charge in [0.25, 0.3) is 0 Å². The third-order valence-electron chi connectivity index (χ3n) is 5.32. The first kappa shape index (κ1) is 33.8. The Bertz CT molecular complexity index is 1210. The maximum Gasteiger partial charge on any atom is 0.423 e. The molecular formula is C24H22F12N2O3. The van der Waals surface area contributed by atoms with Crippen molar-refractivity contribution in [3.8, 4) is 0 Å². The molecule has 0 aliphatic heterocycles. The third-order valence-corrected chi connectivity index (χ3v) is 5.32. The van der Waals surface area contributed by atoms with Crippen LogP contribution in [0.25, 0.3) is 0 Å². The van der Waals surface area contributed by atoms with Crippen molar-refractivity contribution in [1.82, 2.24) is 5.32 Å². The second-order valence-electron chi connectivity index (χ2n) is 9.73. The minimum absolute atomic E-state index is 0.288. The molecular weight excluding hydrogens is 592 g/mol. The van der Waals surface area contributed by atoms with Gasteiger partial charge in [-0.2, -0.15) is 52.7 Å². The lowest BCUT2D eigenvalue weighted by atomic mass is 9.89. The second-order valence-corrected chi connectivity index (χ2v) is 9.73. The topological polar surface area (TPSA) is 70.6 Å². The van der Waals surface area contributed by atoms with Gasteiger partial charge in [0.05, 0.1) is 23.2 Å². The molecule has 230 valence electrons. The maximum atomic E-state index is 13.9. The zero-order valence-electron chi connectivity index (χ0n) is 21.2. The molecule has 0 saturated carbocycles. The molecule has 0 unspecified atom stereocenters. The monoisotopic (exact) mass is 614 g/mol. The summed E-state index contributed by atoms with van der Waals surface area (Å²) >= 11 is 0. The molecule has 3 N–H and O–H groups in total. The van der Waals surface area contributed by atoms with Gasteiger partial charge in [0.15, 0.2) is 0 Å². The number of aliphatic hydroxyl groups is 1. The van der Waals surface area contributed by atoms with Gasteiger partial charge in [0.2, 0.25) is 5.60 Å². The van der Waals surface area contributed by atoms with Gasteiger partial charge in [-0.1, -0.05) is 6.07 Å². The molecule has 17 heteroatoms. The van der Waals surface area contributed by atoms with Gasteiger partial charge in [-0.3, -0.25) is 0 Å². The van der Waals surface area contributed by atoms with Crippen LogP contribution in [0, 0.1) is 0 Å². The SMILES string of the molecule is CC(C)(C)OC(=O)NCc1ccc(NC[C@@](O)(c2cc(C(F)(F)F)cc(C(F)(F)F)c2)C(F)(F)F)cc1C(F)(F)F. The van der Waals surface area contributed by atoms with Crippen LogP contribution < -0.4 is 10.6 Å². The normalized spacial score (nSPS) is 14.8. The lowest BCUT2D eigenvalue weighted by molar-refractivity contribution is -0.261. The highest BCUT2D eigenvalue weighted by molar-refractivity contribution is 5.68. The molecule has 2 aromatic carbocycles. The minimum Gasteiger partial charge on any atom is -0.444 e. The van der Waals surface area contributed by atoms with Crippen LogP contribution in [0.2, 0.25) is 0 Å². The molecule has 0 heterocycles. The highest BCUT2D eigenvalue weighted by atomic mass is 19.4. The predicted octanol–water partition coefficient (Wildman–Crippen LogP) is 7.63. The zero-order chi connectivity index (χ0) is 31.8. The van der Waals surface area contributed by atoms with Gasteiger partial charge in [-0.15, -0.1) is 0 Å². The Kier molecular flexibility index (Phi) is 9.19. The van der Waals surface area contributed by atoms with Crippen molar-refractivity contribution in [1.29, 1.82) is 0 Å². The van der Waals surface area contributed by atoms with Gasteiger partial charge in [0.1, 0.15) is 5.60 Å². The minimum atomic E-state index is -5.89. The van der Waals surface area contributed by atoms with Gasteiger partial charge in [0, 0.05) is 12.2 Å². The van der Waals surface area contributed by atoms with Crippen LogP contribution in [0.15, 0.2) is 36.4 Å². The van der Waals surface area contributed by atoms with Gasteiger partial charge in [-0.05, 0) is 62.2 Å². The van der Waals surface area contributed by atoms with Crippen molar-refractivity contribution in [2.75, 3.05) is 11.9 Å². The van der Waals surface area contributed by atoms with E-state index in [2.05, 4.69) is 5.32 Å². The number of ether oxygens (including phenoxy) is 1. The van der Waals surface area contributed by atoms with E-state index in [1.54, 1.807) is 5.32 Å². The van der Waals surface area contributed by atoms with E-state index in [4.69, 9.17) is 4.74 Å². The van der Waals surface area contributed by atoms with E-state index >= 15 is 0 Å². The summed E-state index contributed by atoms with van der Waals surface area (Å²) in [6.45, 7) is 1.85. The Labute approximate surface area is 224 Å². The Balaban J connectivity index is 2.48. The second kappa shape index (κ2) is 11.1. The lowest BCUT2D eigenvalue weighted by Gasteiger charge is -2.32. The quantitative estimate of drug-likeness (QED) is 0.293. The molecule has 0 aliphatic rings. The first-order valence-corrected chi connectivity index (χ1v) is 11.2. The van der Waals surface area contributed by atoms with Crippen molar-refractivity contribution < 1.29 is 67.3 Å². The van der Waals surface area contributed by atoms with E-state index in [0.29, 0.717) is 0 Å². The first-order chi connectivity index (χ1) is 18.2. The molecule has 2 aromatic rings. The first-order valence-electron chi connectivity index (χ1n) is 11.2. The predicted molar refractivity (Wildman–Crippen MR) is 119 cm³/mol. The Hall–Kier alpha value is -3.37. The average Bonchev–Trinajstić information content (AvgIpc) is 2.77. The molecule has 5 nitrogen and oxygen atoms in total. The molecule has 0 saturated heterocycles. The summed E-state index contributed by atoms with van der Waals surface area (Å²) in [5.74, 6) is 0. The van der Waals surface area contributed by atoms with Crippen LogP contribution in [0.1, 0.15) is 48.6 Å². The van der Waals surface area contributed by atoms with Crippen LogP contribution >= 0.6 is 0 Å². The summed E-state index contributed by atoms with van der Waals surface area (Å²) in [5, 5.41) is 14.2. The molecule has 0 aliphatic carbocycles. The molecule has 0 aromatic heterocycles. The van der Waals surface area contributed by atoms with E-state index < -0.39 is 94.7 Å². The molecule has 1 amide bonds. The fourth-order valence-electron chi connectivity index (χ4n) is 3.38. The number of alkyl carbamates (subject to hydrolysis) is 1. The molecule has 41 heavy (non-hydrogen) atoms. The van der Waals surface area contributed by atoms with Crippen LogP contribution in [-0.4, -0.2) is 29.5 Å². The van der Waals surface area contributed by atoms with E-state index in [9.17, 15) is 62.6 Å². The fraction of sp³-hybridized carbons (Fsp3) is 0.458. The number of nitrogens with one attached hydrogen (secondary N) is 2. The number of rotatable bonds is 6. The molecule has 1 atom stereocenters. The number of halogens is 12. The van der Waals surface area contributed by atoms with Gasteiger partial charge >= 0.3 is 30.8 Å². The highest BCUT2D eigenvalue weighted by Crippen LogP contribution is 2.44. The Morgan fingerprint density at radius 2 is 1.24 bits per heavy atom. The van der Waals surface area contributed by atoms with E-state index in [0.717, 1.165) is 12.1 Å². The summed E-state index contributed by atoms with van der Waals surface area (Å²) in [5.41, 5.74) is -14.3. The largest absolute Gasteiger partial charge is 0.444 e. The van der Waals surface area contributed by atoms with E-state index in [-0.39, 0.29) is 18.2 Å². The van der Waals surface area contributed by atoms with Crippen LogP contribution in [-0.2, 0) is 35.4 Å². The van der Waals surface area contributed by atoms with Crippen molar-refractivity contribution in [3.63, 3.8) is 0 Å². The van der Waals surface area contributed by atoms with E-state index in [1.807, 2.05) is 0 Å². The number of alkyl halides is 12. The number of carbonyl (C=O) groups excluding carboxylic acids is 1. The highest BCUT2D eigenvalue weighted by Gasteiger charge is 2.56. The summed E-state index contributed by atoms with van der Waals surface area (Å²) < 4.78 is 167. The number of hydrogen-bond acceptors (Lipinski definition) is 4. The maximum absolute atomic E-state index is 13.9. The zero-order valence-corrected chi connectivity index (χ0v) is 21.2. The van der Waals surface area contributed by atoms with Crippen molar-refractivity contribution in [3.05, 3.63) is 64.2 Å². The molecule has 2 rings (SSSR count). The van der Waals surface area contributed by atoms with Crippen molar-refractivity contribution >= 4 is 11.8 Å². The Morgan fingerprint density at radius 1 is 0.756 bits per heavy atom. The summed E-state index contributed by atoms with van der Waals surface area (Å²) in [6.07, 6.45) is -23.2. The summed E-state index contributed by atoms with van der Waals surface area (Å²) in [6, 6.07) is 0.712.